The number of ketones is 1. The Morgan fingerprint density at radius 1 is 1.18 bits per heavy atom. The minimum atomic E-state index is -2.28. The van der Waals surface area contributed by atoms with Gasteiger partial charge in [-0.15, -0.1) is 0 Å². The second kappa shape index (κ2) is 8.85. The van der Waals surface area contributed by atoms with E-state index in [0.29, 0.717) is 5.57 Å². The Morgan fingerprint density at radius 3 is 2.42 bits per heavy atom. The van der Waals surface area contributed by atoms with Gasteiger partial charge in [-0.05, 0) is 56.6 Å². The Kier molecular flexibility index (Phi) is 6.35. The SMILES string of the molecule is COC(=O)C12OC[C@]34[C@H]([C@@H](O)[C@@H]1O)[C@@]1(C)CC(=O)C(O)=C(C)[C@@H]1C[C@H]3OC(=O)[C@H](OC(=O)/C=C(\C)C(C)(C)O)[C@@H]24. The quantitative estimate of drug-likeness (QED) is 0.208. The van der Waals surface area contributed by atoms with Crippen LogP contribution in [-0.4, -0.2) is 93.5 Å². The van der Waals surface area contributed by atoms with Crippen molar-refractivity contribution in [1.29, 1.82) is 0 Å². The summed E-state index contributed by atoms with van der Waals surface area (Å²) in [6.07, 6.45) is -5.28. The number of carbonyl (C=O) groups excluding carboxylic acids is 4. The molecule has 2 saturated carbocycles. The highest BCUT2D eigenvalue weighted by molar-refractivity contribution is 5.95. The third-order valence-corrected chi connectivity index (χ3v) is 10.4. The highest BCUT2D eigenvalue weighted by Gasteiger charge is 2.85. The fourth-order valence-corrected chi connectivity index (χ4v) is 8.37. The molecule has 3 aliphatic carbocycles. The predicted octanol–water partition coefficient (Wildman–Crippen LogP) is 0.268. The highest BCUT2D eigenvalue weighted by Crippen LogP contribution is 2.72. The third kappa shape index (κ3) is 3.45. The number of aliphatic hydroxyl groups is 4. The van der Waals surface area contributed by atoms with E-state index in [2.05, 4.69) is 0 Å². The summed E-state index contributed by atoms with van der Waals surface area (Å²) < 4.78 is 22.6. The minimum Gasteiger partial charge on any atom is -0.504 e. The Labute approximate surface area is 230 Å². The first-order valence-electron chi connectivity index (χ1n) is 13.3. The highest BCUT2D eigenvalue weighted by atomic mass is 16.6. The number of esters is 3. The minimum absolute atomic E-state index is 0.139. The zero-order valence-corrected chi connectivity index (χ0v) is 23.3. The van der Waals surface area contributed by atoms with Crippen LogP contribution in [0.3, 0.4) is 0 Å². The molecule has 40 heavy (non-hydrogen) atoms. The van der Waals surface area contributed by atoms with E-state index < -0.39 is 87.9 Å². The Balaban J connectivity index is 1.70. The van der Waals surface area contributed by atoms with E-state index in [9.17, 15) is 39.6 Å². The van der Waals surface area contributed by atoms with Gasteiger partial charge in [0, 0.05) is 23.8 Å². The molecule has 4 N–H and O–H groups in total. The van der Waals surface area contributed by atoms with Crippen LogP contribution >= 0.6 is 0 Å². The van der Waals surface area contributed by atoms with Gasteiger partial charge in [0.25, 0.3) is 0 Å². The summed E-state index contributed by atoms with van der Waals surface area (Å²) in [6.45, 7) is 7.54. The fourth-order valence-electron chi connectivity index (χ4n) is 8.37. The van der Waals surface area contributed by atoms with E-state index in [4.69, 9.17) is 18.9 Å². The summed E-state index contributed by atoms with van der Waals surface area (Å²) in [5.41, 5.74) is -5.43. The molecule has 4 fully saturated rings. The average molecular weight is 565 g/mol. The van der Waals surface area contributed by atoms with Crippen LogP contribution in [0.15, 0.2) is 23.0 Å². The van der Waals surface area contributed by atoms with E-state index in [1.165, 1.54) is 20.8 Å². The molecule has 0 aromatic heterocycles. The molecule has 0 radical (unpaired) electrons. The third-order valence-electron chi connectivity index (χ3n) is 10.4. The number of ether oxygens (including phenoxy) is 4. The standard InChI is InChI=1S/C28H36O12/c1-11(25(3,4)36)7-16(30)40-19-21-27-10-38-28(21,24(35)37-6)22(33)18(32)20(27)26(5)9-14(29)17(31)12(2)13(26)8-15(27)39-23(19)34/h7,13,15,18-22,31-33,36H,8-10H2,1-6H3/b11-7+/t13-,15+,18+,19+,20+,21+,22-,26-,27+,28?/m0/s1. The van der Waals surface area contributed by atoms with Gasteiger partial charge in [0.05, 0.1) is 31.3 Å². The lowest BCUT2D eigenvalue weighted by Crippen LogP contribution is -2.79. The van der Waals surface area contributed by atoms with Crippen molar-refractivity contribution in [2.75, 3.05) is 13.7 Å². The van der Waals surface area contributed by atoms with Crippen LogP contribution < -0.4 is 0 Å². The molecule has 0 amide bonds. The number of fused-ring (bicyclic) bond motifs is 2. The largest absolute Gasteiger partial charge is 0.504 e. The molecule has 5 aliphatic rings. The van der Waals surface area contributed by atoms with Gasteiger partial charge in [0.15, 0.2) is 11.5 Å². The number of carbonyl (C=O) groups is 4. The number of methoxy groups -OCH3 is 1. The van der Waals surface area contributed by atoms with E-state index in [1.54, 1.807) is 13.8 Å². The molecule has 10 atom stereocenters. The first-order chi connectivity index (χ1) is 18.5. The molecule has 12 heteroatoms. The molecule has 0 aromatic rings. The molecule has 5 rings (SSSR count). The van der Waals surface area contributed by atoms with Gasteiger partial charge in [-0.2, -0.15) is 0 Å². The zero-order valence-electron chi connectivity index (χ0n) is 23.3. The van der Waals surface area contributed by atoms with Gasteiger partial charge in [-0.1, -0.05) is 6.92 Å². The normalized spacial score (nSPS) is 44.4. The number of hydrogen-bond acceptors (Lipinski definition) is 12. The molecule has 12 nitrogen and oxygen atoms in total. The zero-order chi connectivity index (χ0) is 29.7. The lowest BCUT2D eigenvalue weighted by Gasteiger charge is -2.67. The number of allylic oxidation sites excluding steroid dienone is 2. The summed E-state index contributed by atoms with van der Waals surface area (Å²) in [7, 11) is 1.07. The van der Waals surface area contributed by atoms with Crippen LogP contribution in [-0.2, 0) is 38.1 Å². The molecular weight excluding hydrogens is 528 g/mol. The number of Topliss-reactive ketones (excluding diaryl/α,β-unsaturated/α-hetero) is 1. The summed E-state index contributed by atoms with van der Waals surface area (Å²) in [5, 5.41) is 44.0. The van der Waals surface area contributed by atoms with E-state index in [0.717, 1.165) is 13.2 Å². The molecule has 1 spiro atoms. The van der Waals surface area contributed by atoms with E-state index >= 15 is 0 Å². The van der Waals surface area contributed by atoms with Crippen molar-refractivity contribution in [3.63, 3.8) is 0 Å². The molecule has 1 unspecified atom stereocenters. The van der Waals surface area contributed by atoms with Crippen molar-refractivity contribution in [3.05, 3.63) is 23.0 Å². The molecule has 220 valence electrons. The number of aliphatic hydroxyl groups excluding tert-OH is 3. The second-order valence-electron chi connectivity index (χ2n) is 12.7. The van der Waals surface area contributed by atoms with Gasteiger partial charge in [-0.25, -0.2) is 14.4 Å². The molecule has 2 bridgehead atoms. The topological polar surface area (TPSA) is 186 Å². The van der Waals surface area contributed by atoms with Crippen molar-refractivity contribution < 1.29 is 58.6 Å². The van der Waals surface area contributed by atoms with Crippen LogP contribution in [0.5, 0.6) is 0 Å². The van der Waals surface area contributed by atoms with Gasteiger partial charge in [-0.3, -0.25) is 4.79 Å². The molecular formula is C28H36O12. The lowest BCUT2D eigenvalue weighted by molar-refractivity contribution is -0.290. The van der Waals surface area contributed by atoms with Crippen molar-refractivity contribution in [1.82, 2.24) is 0 Å². The Bertz CT molecular complexity index is 1240. The second-order valence-corrected chi connectivity index (χ2v) is 12.7. The van der Waals surface area contributed by atoms with Crippen molar-refractivity contribution >= 4 is 23.7 Å². The maximum atomic E-state index is 13.5. The lowest BCUT2D eigenvalue weighted by atomic mass is 9.38. The predicted molar refractivity (Wildman–Crippen MR) is 133 cm³/mol. The first-order valence-corrected chi connectivity index (χ1v) is 13.3. The van der Waals surface area contributed by atoms with Gasteiger partial charge in [0.1, 0.15) is 12.2 Å². The molecule has 2 saturated heterocycles. The summed E-state index contributed by atoms with van der Waals surface area (Å²) in [4.78, 5) is 52.8. The van der Waals surface area contributed by atoms with Crippen molar-refractivity contribution in [2.24, 2.45) is 28.6 Å². The monoisotopic (exact) mass is 564 g/mol. The molecule has 0 aromatic carbocycles. The van der Waals surface area contributed by atoms with Gasteiger partial charge in [0.2, 0.25) is 11.7 Å². The summed E-state index contributed by atoms with van der Waals surface area (Å²) in [5.74, 6) is -6.76. The van der Waals surface area contributed by atoms with Crippen LogP contribution in [0.2, 0.25) is 0 Å². The molecule has 2 heterocycles. The average Bonchev–Trinajstić information content (AvgIpc) is 3.17. The number of hydrogen-bond donors (Lipinski definition) is 4. The summed E-state index contributed by atoms with van der Waals surface area (Å²) >= 11 is 0. The first kappa shape index (κ1) is 28.7. The van der Waals surface area contributed by atoms with Gasteiger partial charge < -0.3 is 39.4 Å². The van der Waals surface area contributed by atoms with E-state index in [1.807, 2.05) is 0 Å². The Hall–Kier alpha value is -2.80. The van der Waals surface area contributed by atoms with Gasteiger partial charge >= 0.3 is 17.9 Å². The van der Waals surface area contributed by atoms with Crippen LogP contribution in [0.4, 0.5) is 0 Å². The maximum Gasteiger partial charge on any atom is 0.348 e. The summed E-state index contributed by atoms with van der Waals surface area (Å²) in [6, 6.07) is 0. The Morgan fingerprint density at radius 2 is 1.82 bits per heavy atom. The van der Waals surface area contributed by atoms with Crippen molar-refractivity contribution in [2.45, 2.75) is 83.1 Å². The number of rotatable bonds is 4. The van der Waals surface area contributed by atoms with Crippen molar-refractivity contribution in [3.8, 4) is 0 Å². The smallest absolute Gasteiger partial charge is 0.348 e. The van der Waals surface area contributed by atoms with Crippen LogP contribution in [0.1, 0.15) is 47.5 Å². The molecule has 2 aliphatic heterocycles. The van der Waals surface area contributed by atoms with Crippen LogP contribution in [0.25, 0.3) is 0 Å². The van der Waals surface area contributed by atoms with E-state index in [-0.39, 0.29) is 30.8 Å². The maximum absolute atomic E-state index is 13.5. The fraction of sp³-hybridized carbons (Fsp3) is 0.714. The van der Waals surface area contributed by atoms with Crippen LogP contribution in [0, 0.1) is 28.6 Å².